The predicted molar refractivity (Wildman–Crippen MR) is 117 cm³/mol. The molecule has 2 aromatic heterocycles. The fraction of sp³-hybridized carbons (Fsp3) is 0.524. The molecule has 1 unspecified atom stereocenters. The Hall–Kier alpha value is -2.88. The minimum Gasteiger partial charge on any atom is -0.424 e. The zero-order valence-electron chi connectivity index (χ0n) is 18.1. The lowest BCUT2D eigenvalue weighted by molar-refractivity contribution is 0.356. The molecule has 1 saturated carbocycles. The van der Waals surface area contributed by atoms with E-state index in [9.17, 15) is 4.39 Å². The van der Waals surface area contributed by atoms with Crippen molar-refractivity contribution < 1.29 is 13.5 Å². The minimum absolute atomic E-state index is 0.0106. The molecule has 32 heavy (non-hydrogen) atoms. The molecule has 2 fully saturated rings. The quantitative estimate of drug-likeness (QED) is 0.575. The number of rotatable bonds is 6. The van der Waals surface area contributed by atoms with Crippen LogP contribution in [0.2, 0.25) is 5.02 Å². The predicted octanol–water partition coefficient (Wildman–Crippen LogP) is 4.46. The van der Waals surface area contributed by atoms with Crippen molar-refractivity contribution in [3.8, 4) is 11.8 Å². The van der Waals surface area contributed by atoms with Crippen molar-refractivity contribution in [3.63, 3.8) is 0 Å². The van der Waals surface area contributed by atoms with Crippen molar-refractivity contribution in [2.45, 2.75) is 45.7 Å². The van der Waals surface area contributed by atoms with Gasteiger partial charge in [-0.25, -0.2) is 9.07 Å². The Morgan fingerprint density at radius 1 is 1.19 bits per heavy atom. The van der Waals surface area contributed by atoms with Crippen molar-refractivity contribution in [1.82, 2.24) is 25.0 Å². The number of ether oxygens (including phenoxy) is 1. The first kappa shape index (κ1) is 21.0. The Balaban J connectivity index is 1.33. The van der Waals surface area contributed by atoms with Crippen LogP contribution in [0.15, 0.2) is 22.6 Å². The summed E-state index contributed by atoms with van der Waals surface area (Å²) in [5.41, 5.74) is 0. The lowest BCUT2D eigenvalue weighted by atomic mass is 9.92. The van der Waals surface area contributed by atoms with E-state index in [1.165, 1.54) is 12.1 Å². The summed E-state index contributed by atoms with van der Waals surface area (Å²) < 4.78 is 26.9. The Kier molecular flexibility index (Phi) is 5.40. The van der Waals surface area contributed by atoms with Crippen LogP contribution in [0.3, 0.4) is 0 Å². The fourth-order valence-electron chi connectivity index (χ4n) is 4.65. The molecule has 0 spiro atoms. The number of hydrogen-bond acceptors (Lipinski definition) is 8. The van der Waals surface area contributed by atoms with Gasteiger partial charge in [-0.1, -0.05) is 16.7 Å². The van der Waals surface area contributed by atoms with Gasteiger partial charge < -0.3 is 19.4 Å². The van der Waals surface area contributed by atoms with Gasteiger partial charge in [-0.05, 0) is 50.7 Å². The van der Waals surface area contributed by atoms with Gasteiger partial charge in [-0.3, -0.25) is 0 Å². The lowest BCUT2D eigenvalue weighted by Gasteiger charge is -2.37. The molecule has 3 atom stereocenters. The molecule has 3 heterocycles. The van der Waals surface area contributed by atoms with Crippen molar-refractivity contribution in [1.29, 1.82) is 0 Å². The zero-order chi connectivity index (χ0) is 22.4. The Morgan fingerprint density at radius 2 is 1.94 bits per heavy atom. The molecule has 2 bridgehead atoms. The zero-order valence-corrected chi connectivity index (χ0v) is 18.9. The Labute approximate surface area is 189 Å². The van der Waals surface area contributed by atoms with E-state index in [0.29, 0.717) is 29.7 Å². The normalized spacial score (nSPS) is 22.6. The van der Waals surface area contributed by atoms with E-state index >= 15 is 0 Å². The standard InChI is InChI=1S/C21H25ClFN7O2/c1-11(2)30-20(32-17-7-15(22)6-16(23)8-17)25-19(28-30)24-18-13-4-5-14(18)10-29(9-13)21-27-26-12(3)31-21/h6-8,11,13-14,18H,4-5,9-10H2,1-3H3,(H,24,28)/t13-,14+,18?. The van der Waals surface area contributed by atoms with Crippen molar-refractivity contribution in [2.75, 3.05) is 23.3 Å². The summed E-state index contributed by atoms with van der Waals surface area (Å²) in [5, 5.41) is 16.5. The second-order valence-corrected chi connectivity index (χ2v) is 9.18. The van der Waals surface area contributed by atoms with E-state index in [1.54, 1.807) is 17.7 Å². The highest BCUT2D eigenvalue weighted by Crippen LogP contribution is 2.40. The molecule has 1 aliphatic heterocycles. The third-order valence-electron chi connectivity index (χ3n) is 6.05. The highest BCUT2D eigenvalue weighted by molar-refractivity contribution is 6.30. The van der Waals surface area contributed by atoms with Crippen LogP contribution >= 0.6 is 11.6 Å². The third-order valence-corrected chi connectivity index (χ3v) is 6.27. The first-order valence-corrected chi connectivity index (χ1v) is 11.2. The highest BCUT2D eigenvalue weighted by atomic mass is 35.5. The van der Waals surface area contributed by atoms with Crippen molar-refractivity contribution in [3.05, 3.63) is 34.9 Å². The smallest absolute Gasteiger partial charge is 0.322 e. The van der Waals surface area contributed by atoms with Gasteiger partial charge in [-0.15, -0.1) is 10.2 Å². The van der Waals surface area contributed by atoms with Crippen LogP contribution in [0.1, 0.15) is 38.6 Å². The van der Waals surface area contributed by atoms with Gasteiger partial charge in [0.15, 0.2) is 0 Å². The molecule has 170 valence electrons. The first-order valence-electron chi connectivity index (χ1n) is 10.8. The molecular formula is C21H25ClFN7O2. The number of aromatic nitrogens is 5. The van der Waals surface area contributed by atoms with E-state index in [0.717, 1.165) is 25.9 Å². The Morgan fingerprint density at radius 3 is 2.56 bits per heavy atom. The molecule has 1 saturated heterocycles. The van der Waals surface area contributed by atoms with E-state index in [4.69, 9.17) is 20.8 Å². The molecular weight excluding hydrogens is 437 g/mol. The van der Waals surface area contributed by atoms with Gasteiger partial charge in [-0.2, -0.15) is 4.98 Å². The van der Waals surface area contributed by atoms with E-state index in [1.807, 2.05) is 13.8 Å². The van der Waals surface area contributed by atoms with E-state index < -0.39 is 5.82 Å². The SMILES string of the molecule is Cc1nnc(N2C[C@H]3CC[C@@H](C2)C3Nc2nc(Oc3cc(F)cc(Cl)c3)n(C(C)C)n2)o1. The molecule has 3 aromatic rings. The second kappa shape index (κ2) is 8.23. The summed E-state index contributed by atoms with van der Waals surface area (Å²) in [6, 6.07) is 5.18. The molecule has 5 rings (SSSR count). The van der Waals surface area contributed by atoms with Crippen molar-refractivity contribution in [2.24, 2.45) is 11.8 Å². The summed E-state index contributed by atoms with van der Waals surface area (Å²) in [6.07, 6.45) is 2.23. The molecule has 2 aliphatic rings. The van der Waals surface area contributed by atoms with Gasteiger partial charge in [0, 0.05) is 37.1 Å². The van der Waals surface area contributed by atoms with Gasteiger partial charge >= 0.3 is 12.0 Å². The summed E-state index contributed by atoms with van der Waals surface area (Å²) >= 11 is 5.95. The van der Waals surface area contributed by atoms with E-state index in [-0.39, 0.29) is 28.9 Å². The van der Waals surface area contributed by atoms with Crippen LogP contribution in [0.4, 0.5) is 16.4 Å². The van der Waals surface area contributed by atoms with Crippen molar-refractivity contribution >= 4 is 23.6 Å². The molecule has 1 aliphatic carbocycles. The number of benzene rings is 1. The molecule has 11 heteroatoms. The topological polar surface area (TPSA) is 94.1 Å². The highest BCUT2D eigenvalue weighted by Gasteiger charge is 2.43. The molecule has 0 radical (unpaired) electrons. The number of piperidine rings is 1. The summed E-state index contributed by atoms with van der Waals surface area (Å²) in [5.74, 6) is 1.71. The molecule has 1 aromatic carbocycles. The molecule has 9 nitrogen and oxygen atoms in total. The van der Waals surface area contributed by atoms with Crippen LogP contribution in [0, 0.1) is 24.6 Å². The maximum absolute atomic E-state index is 13.7. The van der Waals surface area contributed by atoms with Gasteiger partial charge in [0.2, 0.25) is 11.8 Å². The van der Waals surface area contributed by atoms with Gasteiger partial charge in [0.05, 0.1) is 6.04 Å². The van der Waals surface area contributed by atoms with Gasteiger partial charge in [0.1, 0.15) is 11.6 Å². The average Bonchev–Trinajstić information content (AvgIpc) is 3.38. The third kappa shape index (κ3) is 4.11. The van der Waals surface area contributed by atoms with Gasteiger partial charge in [0.25, 0.3) is 0 Å². The van der Waals surface area contributed by atoms with Crippen LogP contribution in [-0.4, -0.2) is 44.1 Å². The summed E-state index contributed by atoms with van der Waals surface area (Å²) in [7, 11) is 0. The number of nitrogens with zero attached hydrogens (tertiary/aromatic N) is 6. The summed E-state index contributed by atoms with van der Waals surface area (Å²) in [6.45, 7) is 7.45. The largest absolute Gasteiger partial charge is 0.424 e. The lowest BCUT2D eigenvalue weighted by Crippen LogP contribution is -2.48. The minimum atomic E-state index is -0.471. The van der Waals surface area contributed by atoms with Crippen LogP contribution in [-0.2, 0) is 0 Å². The number of halogens is 2. The fourth-order valence-corrected chi connectivity index (χ4v) is 4.86. The van der Waals surface area contributed by atoms with Crippen LogP contribution < -0.4 is 15.0 Å². The van der Waals surface area contributed by atoms with Crippen LogP contribution in [0.25, 0.3) is 0 Å². The number of fused-ring (bicyclic) bond motifs is 2. The Bertz CT molecular complexity index is 1080. The first-order chi connectivity index (χ1) is 15.4. The monoisotopic (exact) mass is 461 g/mol. The number of hydrogen-bond donors (Lipinski definition) is 1. The van der Waals surface area contributed by atoms with Crippen LogP contribution in [0.5, 0.6) is 11.8 Å². The maximum atomic E-state index is 13.7. The maximum Gasteiger partial charge on any atom is 0.322 e. The summed E-state index contributed by atoms with van der Waals surface area (Å²) in [4.78, 5) is 6.73. The average molecular weight is 462 g/mol. The van der Waals surface area contributed by atoms with E-state index in [2.05, 4.69) is 30.5 Å². The molecule has 1 N–H and O–H groups in total. The molecule has 0 amide bonds. The number of nitrogens with one attached hydrogen (secondary N) is 1. The second-order valence-electron chi connectivity index (χ2n) is 8.74. The number of anilines is 2. The number of aryl methyl sites for hydroxylation is 1.